The first-order valence-corrected chi connectivity index (χ1v) is 6.61. The van der Waals surface area contributed by atoms with Crippen molar-refractivity contribution in [3.05, 3.63) is 53.3 Å². The maximum atomic E-state index is 13.7. The Morgan fingerprint density at radius 1 is 1.15 bits per heavy atom. The van der Waals surface area contributed by atoms with Crippen molar-refractivity contribution in [3.63, 3.8) is 0 Å². The zero-order chi connectivity index (χ0) is 13.9. The molecule has 0 saturated carbocycles. The Labute approximate surface area is 117 Å². The summed E-state index contributed by atoms with van der Waals surface area (Å²) in [7, 11) is 0. The van der Waals surface area contributed by atoms with Crippen molar-refractivity contribution in [2.75, 3.05) is 18.5 Å². The minimum atomic E-state index is -0.252. The van der Waals surface area contributed by atoms with Crippen LogP contribution in [0.25, 0.3) is 0 Å². The Balaban J connectivity index is 1.80. The van der Waals surface area contributed by atoms with Crippen LogP contribution >= 0.6 is 0 Å². The van der Waals surface area contributed by atoms with Gasteiger partial charge in [-0.15, -0.1) is 0 Å². The van der Waals surface area contributed by atoms with Gasteiger partial charge in [0.15, 0.2) is 11.5 Å². The van der Waals surface area contributed by atoms with Gasteiger partial charge in [0.05, 0.1) is 5.69 Å². The van der Waals surface area contributed by atoms with Crippen LogP contribution in [-0.2, 0) is 6.54 Å². The van der Waals surface area contributed by atoms with Crippen LogP contribution in [0.2, 0.25) is 0 Å². The molecule has 3 rings (SSSR count). The number of rotatable bonds is 3. The first-order valence-electron chi connectivity index (χ1n) is 6.61. The summed E-state index contributed by atoms with van der Waals surface area (Å²) in [6.07, 6.45) is 0. The standard InChI is InChI=1S/C16H16FNO2/c1-11-5-6-13(17)14(9-11)18-10-12-3-2-4-15-16(12)20-8-7-19-15/h2-6,9,18H,7-8,10H2,1H3. The molecule has 20 heavy (non-hydrogen) atoms. The summed E-state index contributed by atoms with van der Waals surface area (Å²) in [5, 5.41) is 3.11. The fourth-order valence-corrected chi connectivity index (χ4v) is 2.24. The molecule has 3 nitrogen and oxygen atoms in total. The molecule has 0 spiro atoms. The fourth-order valence-electron chi connectivity index (χ4n) is 2.24. The molecule has 1 aliphatic heterocycles. The normalized spacial score (nSPS) is 13.1. The largest absolute Gasteiger partial charge is 0.486 e. The van der Waals surface area contributed by atoms with Crippen molar-refractivity contribution in [2.24, 2.45) is 0 Å². The quantitative estimate of drug-likeness (QED) is 0.928. The van der Waals surface area contributed by atoms with E-state index >= 15 is 0 Å². The zero-order valence-corrected chi connectivity index (χ0v) is 11.3. The van der Waals surface area contributed by atoms with Crippen LogP contribution in [0.3, 0.4) is 0 Å². The molecule has 1 aliphatic rings. The van der Waals surface area contributed by atoms with Crippen LogP contribution in [0.1, 0.15) is 11.1 Å². The summed E-state index contributed by atoms with van der Waals surface area (Å²) in [5.74, 6) is 1.25. The molecule has 1 heterocycles. The molecule has 0 bridgehead atoms. The van der Waals surface area contributed by atoms with Crippen LogP contribution in [0, 0.1) is 12.7 Å². The Bertz CT molecular complexity index is 628. The highest BCUT2D eigenvalue weighted by molar-refractivity contribution is 5.51. The topological polar surface area (TPSA) is 30.5 Å². The summed E-state index contributed by atoms with van der Waals surface area (Å²) in [5.41, 5.74) is 2.48. The third-order valence-electron chi connectivity index (χ3n) is 3.24. The van der Waals surface area contributed by atoms with Gasteiger partial charge < -0.3 is 14.8 Å². The molecule has 1 N–H and O–H groups in total. The van der Waals surface area contributed by atoms with E-state index < -0.39 is 0 Å². The Kier molecular flexibility index (Phi) is 3.46. The van der Waals surface area contributed by atoms with Crippen LogP contribution in [0.4, 0.5) is 10.1 Å². The number of hydrogen-bond donors (Lipinski definition) is 1. The first kappa shape index (κ1) is 12.8. The molecule has 0 amide bonds. The van der Waals surface area contributed by atoms with Crippen LogP contribution < -0.4 is 14.8 Å². The van der Waals surface area contributed by atoms with E-state index in [2.05, 4.69) is 5.32 Å². The van der Waals surface area contributed by atoms with Crippen molar-refractivity contribution >= 4 is 5.69 Å². The molecule has 0 unspecified atom stereocenters. The molecular weight excluding hydrogens is 257 g/mol. The molecule has 104 valence electrons. The predicted octanol–water partition coefficient (Wildman–Crippen LogP) is 3.52. The summed E-state index contributed by atoms with van der Waals surface area (Å²) in [4.78, 5) is 0. The lowest BCUT2D eigenvalue weighted by atomic mass is 10.1. The molecule has 2 aromatic carbocycles. The number of hydrogen-bond acceptors (Lipinski definition) is 3. The predicted molar refractivity (Wildman–Crippen MR) is 75.9 cm³/mol. The van der Waals surface area contributed by atoms with E-state index in [0.717, 1.165) is 22.6 Å². The average molecular weight is 273 g/mol. The van der Waals surface area contributed by atoms with Gasteiger partial charge in [0.1, 0.15) is 19.0 Å². The molecule has 2 aromatic rings. The third kappa shape index (κ3) is 2.54. The van der Waals surface area contributed by atoms with Crippen LogP contribution in [0.15, 0.2) is 36.4 Å². The number of benzene rings is 2. The van der Waals surface area contributed by atoms with Gasteiger partial charge in [0, 0.05) is 12.1 Å². The number of nitrogens with one attached hydrogen (secondary N) is 1. The van der Waals surface area contributed by atoms with Gasteiger partial charge in [-0.3, -0.25) is 0 Å². The number of halogens is 1. The maximum Gasteiger partial charge on any atom is 0.166 e. The van der Waals surface area contributed by atoms with Crippen molar-refractivity contribution in [1.29, 1.82) is 0 Å². The number of aryl methyl sites for hydroxylation is 1. The molecule has 0 atom stereocenters. The fraction of sp³-hybridized carbons (Fsp3) is 0.250. The smallest absolute Gasteiger partial charge is 0.166 e. The van der Waals surface area contributed by atoms with Gasteiger partial charge in [-0.25, -0.2) is 4.39 Å². The highest BCUT2D eigenvalue weighted by atomic mass is 19.1. The van der Waals surface area contributed by atoms with Crippen molar-refractivity contribution < 1.29 is 13.9 Å². The minimum Gasteiger partial charge on any atom is -0.486 e. The summed E-state index contributed by atoms with van der Waals surface area (Å²) in [6.45, 7) is 3.54. The van der Waals surface area contributed by atoms with Crippen LogP contribution in [-0.4, -0.2) is 13.2 Å². The minimum absolute atomic E-state index is 0.252. The second-order valence-electron chi connectivity index (χ2n) is 4.78. The molecule has 0 saturated heterocycles. The summed E-state index contributed by atoms with van der Waals surface area (Å²) < 4.78 is 24.9. The van der Waals surface area contributed by atoms with E-state index in [4.69, 9.17) is 9.47 Å². The van der Waals surface area contributed by atoms with Crippen molar-refractivity contribution in [3.8, 4) is 11.5 Å². The maximum absolute atomic E-state index is 13.7. The molecular formula is C16H16FNO2. The van der Waals surface area contributed by atoms with Gasteiger partial charge in [0.25, 0.3) is 0 Å². The third-order valence-corrected chi connectivity index (χ3v) is 3.24. The van der Waals surface area contributed by atoms with Crippen molar-refractivity contribution in [1.82, 2.24) is 0 Å². The second-order valence-corrected chi connectivity index (χ2v) is 4.78. The second kappa shape index (κ2) is 5.41. The molecule has 0 aliphatic carbocycles. The number of anilines is 1. The molecule has 0 aromatic heterocycles. The lowest BCUT2D eigenvalue weighted by Gasteiger charge is -2.21. The summed E-state index contributed by atoms with van der Waals surface area (Å²) >= 11 is 0. The number of para-hydroxylation sites is 1. The van der Waals surface area contributed by atoms with Gasteiger partial charge in [-0.1, -0.05) is 18.2 Å². The lowest BCUT2D eigenvalue weighted by Crippen LogP contribution is -2.17. The number of fused-ring (bicyclic) bond motifs is 1. The Morgan fingerprint density at radius 3 is 2.90 bits per heavy atom. The van der Waals surface area contributed by atoms with E-state index in [1.807, 2.05) is 25.1 Å². The SMILES string of the molecule is Cc1ccc(F)c(NCc2cccc3c2OCCO3)c1. The average Bonchev–Trinajstić information content (AvgIpc) is 2.48. The van der Waals surface area contributed by atoms with E-state index in [1.165, 1.54) is 6.07 Å². The van der Waals surface area contributed by atoms with Crippen LogP contribution in [0.5, 0.6) is 11.5 Å². The molecule has 0 fully saturated rings. The number of ether oxygens (including phenoxy) is 2. The highest BCUT2D eigenvalue weighted by Gasteiger charge is 2.15. The van der Waals surface area contributed by atoms with Gasteiger partial charge >= 0.3 is 0 Å². The van der Waals surface area contributed by atoms with Crippen molar-refractivity contribution in [2.45, 2.75) is 13.5 Å². The highest BCUT2D eigenvalue weighted by Crippen LogP contribution is 2.34. The van der Waals surface area contributed by atoms with Gasteiger partial charge in [-0.05, 0) is 30.7 Å². The monoisotopic (exact) mass is 273 g/mol. The summed E-state index contributed by atoms with van der Waals surface area (Å²) in [6, 6.07) is 10.8. The Morgan fingerprint density at radius 2 is 2.00 bits per heavy atom. The Hall–Kier alpha value is -2.23. The van der Waals surface area contributed by atoms with E-state index in [9.17, 15) is 4.39 Å². The van der Waals surface area contributed by atoms with Gasteiger partial charge in [-0.2, -0.15) is 0 Å². The lowest BCUT2D eigenvalue weighted by molar-refractivity contribution is 0.170. The zero-order valence-electron chi connectivity index (χ0n) is 11.3. The van der Waals surface area contributed by atoms with E-state index in [1.54, 1.807) is 12.1 Å². The molecule has 4 heteroatoms. The first-order chi connectivity index (χ1) is 9.74. The van der Waals surface area contributed by atoms with Gasteiger partial charge in [0.2, 0.25) is 0 Å². The molecule has 0 radical (unpaired) electrons. The van der Waals surface area contributed by atoms with E-state index in [0.29, 0.717) is 25.4 Å². The van der Waals surface area contributed by atoms with E-state index in [-0.39, 0.29) is 5.82 Å².